The van der Waals surface area contributed by atoms with E-state index in [1.54, 1.807) is 0 Å². The highest BCUT2D eigenvalue weighted by molar-refractivity contribution is 7.60. The predicted octanol–water partition coefficient (Wildman–Crippen LogP) is 0.434. The minimum atomic E-state index is -1.68. The summed E-state index contributed by atoms with van der Waals surface area (Å²) in [4.78, 5) is 2.54. The smallest absolute Gasteiger partial charge is 0.310 e. The molecule has 0 N–H and O–H groups in total. The molecule has 0 aliphatic carbocycles. The van der Waals surface area contributed by atoms with Crippen LogP contribution in [0.15, 0.2) is 0 Å². The summed E-state index contributed by atoms with van der Waals surface area (Å²) in [5.41, 5.74) is 7.63. The lowest BCUT2D eigenvalue weighted by Crippen LogP contribution is -1.56. The van der Waals surface area contributed by atoms with E-state index in [1.165, 1.54) is 6.66 Å². The van der Waals surface area contributed by atoms with Crippen molar-refractivity contribution in [1.82, 2.24) is 0 Å². The average Bonchev–Trinajstić information content (AvgIpc) is 1.35. The van der Waals surface area contributed by atoms with Crippen LogP contribution in [-0.4, -0.2) is 17.4 Å². The molecule has 0 heterocycles. The van der Waals surface area contributed by atoms with Gasteiger partial charge in [-0.3, -0.25) is 0 Å². The molecule has 0 amide bonds. The Kier molecular flexibility index (Phi) is 2.64. The molecular formula is C2H5N2OP. The van der Waals surface area contributed by atoms with Gasteiger partial charge in [0.2, 0.25) is 0 Å². The molecule has 0 saturated carbocycles. The molecule has 34 valence electrons. The fourth-order valence-electron chi connectivity index (χ4n) is 0.0813. The quantitative estimate of drug-likeness (QED) is 0.206. The first kappa shape index (κ1) is 5.61. The van der Waals surface area contributed by atoms with Crippen molar-refractivity contribution in [3.8, 4) is 0 Å². The van der Waals surface area contributed by atoms with Crippen molar-refractivity contribution >= 4 is 13.8 Å². The Morgan fingerprint density at radius 3 is 2.50 bits per heavy atom. The molecule has 0 aromatic heterocycles. The highest BCUT2D eigenvalue weighted by Gasteiger charge is 1.80. The monoisotopic (exact) mass is 104 g/mol. The molecule has 0 bridgehead atoms. The lowest BCUT2D eigenvalue weighted by molar-refractivity contribution is 0.00768. The van der Waals surface area contributed by atoms with Gasteiger partial charge >= 0.3 is 5.96 Å². The normalized spacial score (nSPS) is 12.2. The number of hydrogen-bond donors (Lipinski definition) is 0. The molecule has 6 heavy (non-hydrogen) atoms. The molecule has 0 aromatic carbocycles. The van der Waals surface area contributed by atoms with Crippen LogP contribution in [0.5, 0.6) is 0 Å². The zero-order valence-corrected chi connectivity index (χ0v) is 4.38. The van der Waals surface area contributed by atoms with E-state index in [0.717, 1.165) is 5.96 Å². The van der Waals surface area contributed by atoms with Gasteiger partial charge in [0.1, 0.15) is 0 Å². The van der Waals surface area contributed by atoms with Crippen LogP contribution in [-0.2, 0) is 4.57 Å². The SMILES string of the molecule is C[PH](=O)C=[N+]=[N-]. The van der Waals surface area contributed by atoms with Crippen LogP contribution in [0.1, 0.15) is 0 Å². The average molecular weight is 104 g/mol. The fraction of sp³-hybridized carbons (Fsp3) is 0.500. The molecule has 1 unspecified atom stereocenters. The summed E-state index contributed by atoms with van der Waals surface area (Å²) in [5, 5.41) is 0. The standard InChI is InChI=1S/C2H5N2OP/c1-6(5)2-4-3/h2,6H,1H3. The Morgan fingerprint density at radius 2 is 2.50 bits per heavy atom. The van der Waals surface area contributed by atoms with Crippen molar-refractivity contribution in [2.75, 3.05) is 6.66 Å². The third-order valence-corrected chi connectivity index (χ3v) is 0.719. The van der Waals surface area contributed by atoms with Crippen LogP contribution in [0.4, 0.5) is 0 Å². The highest BCUT2D eigenvalue weighted by atomic mass is 31.1. The van der Waals surface area contributed by atoms with Gasteiger partial charge in [-0.05, 0) is 6.66 Å². The van der Waals surface area contributed by atoms with E-state index < -0.39 is 7.80 Å². The van der Waals surface area contributed by atoms with Crippen LogP contribution in [0.25, 0.3) is 5.53 Å². The summed E-state index contributed by atoms with van der Waals surface area (Å²) in [6.07, 6.45) is 0. The van der Waals surface area contributed by atoms with E-state index in [1.807, 2.05) is 0 Å². The van der Waals surface area contributed by atoms with E-state index in [-0.39, 0.29) is 0 Å². The van der Waals surface area contributed by atoms with Crippen molar-refractivity contribution in [1.29, 1.82) is 0 Å². The zero-order valence-electron chi connectivity index (χ0n) is 3.38. The van der Waals surface area contributed by atoms with Crippen LogP contribution in [0, 0.1) is 0 Å². The molecule has 0 aliphatic rings. The van der Waals surface area contributed by atoms with E-state index in [2.05, 4.69) is 4.79 Å². The summed E-state index contributed by atoms with van der Waals surface area (Å²) in [6.45, 7) is 1.49. The second kappa shape index (κ2) is 2.83. The summed E-state index contributed by atoms with van der Waals surface area (Å²) in [6, 6.07) is 0. The summed E-state index contributed by atoms with van der Waals surface area (Å²) >= 11 is 0. The van der Waals surface area contributed by atoms with E-state index >= 15 is 0 Å². The van der Waals surface area contributed by atoms with Gasteiger partial charge in [-0.15, -0.1) is 0 Å². The number of nitrogens with zero attached hydrogens (tertiary/aromatic N) is 2. The first-order valence-corrected chi connectivity index (χ1v) is 3.44. The van der Waals surface area contributed by atoms with Crippen molar-refractivity contribution in [2.45, 2.75) is 0 Å². The largest absolute Gasteiger partial charge is 0.361 e. The number of rotatable bonds is 1. The van der Waals surface area contributed by atoms with Crippen molar-refractivity contribution < 1.29 is 9.35 Å². The molecule has 0 aromatic rings. The first-order chi connectivity index (χ1) is 2.77. The zero-order chi connectivity index (χ0) is 4.99. The second-order valence-electron chi connectivity index (χ2n) is 0.855. The van der Waals surface area contributed by atoms with Crippen LogP contribution >= 0.6 is 7.80 Å². The molecule has 4 heteroatoms. The maximum Gasteiger partial charge on any atom is 0.310 e. The minimum absolute atomic E-state index is 1.02. The lowest BCUT2D eigenvalue weighted by atomic mass is 11.7. The second-order valence-corrected chi connectivity index (χ2v) is 2.33. The topological polar surface area (TPSA) is 53.5 Å². The molecular weight excluding hydrogens is 99.0 g/mol. The third kappa shape index (κ3) is 3.61. The molecule has 0 radical (unpaired) electrons. The molecule has 0 fully saturated rings. The van der Waals surface area contributed by atoms with Gasteiger partial charge in [0.05, 0.1) is 0 Å². The fourth-order valence-corrected chi connectivity index (χ4v) is 0.244. The lowest BCUT2D eigenvalue weighted by Gasteiger charge is -1.58. The van der Waals surface area contributed by atoms with Gasteiger partial charge in [-0.25, -0.2) is 0 Å². The van der Waals surface area contributed by atoms with Gasteiger partial charge in [-0.1, -0.05) is 0 Å². The van der Waals surface area contributed by atoms with Gasteiger partial charge in [0.25, 0.3) is 0 Å². The Hall–Kier alpha value is -0.390. The Morgan fingerprint density at radius 1 is 2.00 bits per heavy atom. The van der Waals surface area contributed by atoms with E-state index in [9.17, 15) is 4.57 Å². The summed E-state index contributed by atoms with van der Waals surface area (Å²) in [7, 11) is -1.68. The van der Waals surface area contributed by atoms with Crippen molar-refractivity contribution in [3.63, 3.8) is 0 Å². The van der Waals surface area contributed by atoms with Gasteiger partial charge in [0, 0.05) is 0 Å². The Labute approximate surface area is 36.4 Å². The summed E-state index contributed by atoms with van der Waals surface area (Å²) < 4.78 is 9.92. The molecule has 1 atom stereocenters. The molecule has 3 nitrogen and oxygen atoms in total. The van der Waals surface area contributed by atoms with Crippen LogP contribution in [0.2, 0.25) is 0 Å². The summed E-state index contributed by atoms with van der Waals surface area (Å²) in [5.74, 6) is 1.02. The van der Waals surface area contributed by atoms with E-state index in [0.29, 0.717) is 0 Å². The van der Waals surface area contributed by atoms with Crippen LogP contribution < -0.4 is 0 Å². The van der Waals surface area contributed by atoms with Gasteiger partial charge in [0.15, 0.2) is 7.80 Å². The molecule has 0 aliphatic heterocycles. The van der Waals surface area contributed by atoms with Crippen molar-refractivity contribution in [2.24, 2.45) is 0 Å². The Bertz CT molecular complexity index is 104. The molecule has 0 saturated heterocycles. The highest BCUT2D eigenvalue weighted by Crippen LogP contribution is 2.03. The first-order valence-electron chi connectivity index (χ1n) is 1.45. The maximum atomic E-state index is 9.92. The van der Waals surface area contributed by atoms with Gasteiger partial charge < -0.3 is 10.1 Å². The molecule has 0 rings (SSSR count). The number of hydrogen-bond acceptors (Lipinski definition) is 1. The maximum absolute atomic E-state index is 9.92. The van der Waals surface area contributed by atoms with E-state index in [4.69, 9.17) is 5.53 Å². The van der Waals surface area contributed by atoms with Crippen LogP contribution in [0.3, 0.4) is 0 Å². The van der Waals surface area contributed by atoms with Crippen molar-refractivity contribution in [3.05, 3.63) is 5.53 Å². The third-order valence-electron chi connectivity index (χ3n) is 0.240. The predicted molar refractivity (Wildman–Crippen MR) is 24.6 cm³/mol. The molecule has 0 spiro atoms. The Balaban J connectivity index is 3.60. The minimum Gasteiger partial charge on any atom is -0.361 e. The van der Waals surface area contributed by atoms with Gasteiger partial charge in [-0.2, -0.15) is 4.79 Å².